The smallest absolute Gasteiger partial charge is 0.337 e. The van der Waals surface area contributed by atoms with E-state index in [-0.39, 0.29) is 0 Å². The number of aromatic carboxylic acids is 4. The molecule has 5 aromatic rings. The largest absolute Gasteiger partial charge is 0.478 e. The van der Waals surface area contributed by atoms with E-state index in [0.717, 1.165) is 34.2 Å². The van der Waals surface area contributed by atoms with Crippen molar-refractivity contribution in [3.8, 4) is 0 Å². The van der Waals surface area contributed by atoms with Crippen molar-refractivity contribution in [3.05, 3.63) is 95.6 Å². The first-order valence-corrected chi connectivity index (χ1v) is 10.1. The van der Waals surface area contributed by atoms with E-state index in [1.54, 1.807) is 12.7 Å². The summed E-state index contributed by atoms with van der Waals surface area (Å²) in [4.78, 5) is 57.5. The highest BCUT2D eigenvalue weighted by Gasteiger charge is 2.29. The highest BCUT2D eigenvalue weighted by molar-refractivity contribution is 6.13. The molecule has 36 heavy (non-hydrogen) atoms. The minimum atomic E-state index is -1.83. The summed E-state index contributed by atoms with van der Waals surface area (Å²) < 4.78 is 0. The second-order valence-corrected chi connectivity index (χ2v) is 6.97. The van der Waals surface area contributed by atoms with E-state index in [9.17, 15) is 19.2 Å². The Balaban J connectivity index is 0.000000165. The number of rotatable bonds is 4. The van der Waals surface area contributed by atoms with E-state index in [1.165, 1.54) is 0 Å². The fourth-order valence-corrected chi connectivity index (χ4v) is 3.16. The predicted molar refractivity (Wildman–Crippen MR) is 126 cm³/mol. The lowest BCUT2D eigenvalue weighted by atomic mass is 9.95. The number of nitrogens with one attached hydrogen (secondary N) is 2. The highest BCUT2D eigenvalue weighted by atomic mass is 16.4. The van der Waals surface area contributed by atoms with Crippen LogP contribution in [0.3, 0.4) is 0 Å². The van der Waals surface area contributed by atoms with Crippen molar-refractivity contribution in [2.45, 2.75) is 0 Å². The van der Waals surface area contributed by atoms with Crippen LogP contribution < -0.4 is 0 Å². The Bertz CT molecular complexity index is 1390. The monoisotopic (exact) mass is 490 g/mol. The lowest BCUT2D eigenvalue weighted by molar-refractivity contribution is 0.0619. The molecular formula is C24H18N4O8. The number of imidazole rings is 2. The molecule has 0 spiro atoms. The van der Waals surface area contributed by atoms with Crippen LogP contribution in [0.15, 0.2) is 73.3 Å². The number of fused-ring (bicyclic) bond motifs is 2. The van der Waals surface area contributed by atoms with E-state index < -0.39 is 46.1 Å². The number of carboxylic acids is 4. The van der Waals surface area contributed by atoms with E-state index >= 15 is 0 Å². The molecule has 0 aliphatic carbocycles. The van der Waals surface area contributed by atoms with Gasteiger partial charge >= 0.3 is 23.9 Å². The van der Waals surface area contributed by atoms with Gasteiger partial charge in [0.2, 0.25) is 0 Å². The molecule has 0 amide bonds. The number of hydrogen-bond donors (Lipinski definition) is 6. The zero-order chi connectivity index (χ0) is 26.2. The number of H-pyrrole nitrogens is 2. The van der Waals surface area contributed by atoms with Crippen molar-refractivity contribution in [2.24, 2.45) is 0 Å². The van der Waals surface area contributed by atoms with Gasteiger partial charge in [-0.2, -0.15) is 0 Å². The number of hydrogen-bond acceptors (Lipinski definition) is 6. The van der Waals surface area contributed by atoms with Gasteiger partial charge in [-0.1, -0.05) is 24.3 Å². The normalized spacial score (nSPS) is 10.0. The minimum absolute atomic E-state index is 0.738. The minimum Gasteiger partial charge on any atom is -0.478 e. The molecular weight excluding hydrogens is 472 g/mol. The Hall–Kier alpha value is -5.52. The molecule has 0 fully saturated rings. The Morgan fingerprint density at radius 2 is 0.889 bits per heavy atom. The predicted octanol–water partition coefficient (Wildman–Crippen LogP) is 3.61. The van der Waals surface area contributed by atoms with Crippen LogP contribution in [0.5, 0.6) is 0 Å². The number of carboxylic acid groups (broad SMARTS) is 4. The summed E-state index contributed by atoms with van der Waals surface area (Å²) in [5.41, 5.74) is 0.546. The number of para-hydroxylation sites is 4. The van der Waals surface area contributed by atoms with Gasteiger partial charge in [-0.3, -0.25) is 0 Å². The van der Waals surface area contributed by atoms with Crippen molar-refractivity contribution >= 4 is 45.9 Å². The Morgan fingerprint density at radius 3 is 1.19 bits per heavy atom. The zero-order valence-corrected chi connectivity index (χ0v) is 18.2. The fourth-order valence-electron chi connectivity index (χ4n) is 3.16. The van der Waals surface area contributed by atoms with Crippen LogP contribution in [-0.4, -0.2) is 64.2 Å². The van der Waals surface area contributed by atoms with Gasteiger partial charge < -0.3 is 30.4 Å². The van der Waals surface area contributed by atoms with Crippen LogP contribution >= 0.6 is 0 Å². The fraction of sp³-hybridized carbons (Fsp3) is 0. The summed E-state index contributed by atoms with van der Waals surface area (Å²) in [6.45, 7) is 0. The molecule has 2 heterocycles. The Kier molecular flexibility index (Phi) is 7.72. The molecule has 182 valence electrons. The van der Waals surface area contributed by atoms with Gasteiger partial charge in [0.15, 0.2) is 0 Å². The molecule has 12 heteroatoms. The third-order valence-corrected chi connectivity index (χ3v) is 4.75. The average Bonchev–Trinajstić information content (AvgIpc) is 3.53. The summed E-state index contributed by atoms with van der Waals surface area (Å²) in [5, 5.41) is 35.2. The van der Waals surface area contributed by atoms with Gasteiger partial charge in [-0.15, -0.1) is 0 Å². The molecule has 0 saturated carbocycles. The number of benzene rings is 3. The van der Waals surface area contributed by atoms with E-state index in [1.807, 2.05) is 48.5 Å². The molecule has 0 unspecified atom stereocenters. The lowest BCUT2D eigenvalue weighted by Crippen LogP contribution is -2.19. The number of nitrogens with zero attached hydrogens (tertiary/aromatic N) is 2. The number of aromatic amines is 2. The molecule has 0 atom stereocenters. The zero-order valence-electron chi connectivity index (χ0n) is 18.2. The lowest BCUT2D eigenvalue weighted by Gasteiger charge is -2.08. The molecule has 0 bridgehead atoms. The van der Waals surface area contributed by atoms with Crippen LogP contribution in [0.2, 0.25) is 0 Å². The summed E-state index contributed by atoms with van der Waals surface area (Å²) in [6, 6.07) is 17.4. The summed E-state index contributed by atoms with van der Waals surface area (Å²) in [5.74, 6) is -6.97. The third kappa shape index (κ3) is 5.69. The van der Waals surface area contributed by atoms with E-state index in [0.29, 0.717) is 0 Å². The highest BCUT2D eigenvalue weighted by Crippen LogP contribution is 2.20. The maximum absolute atomic E-state index is 10.9. The van der Waals surface area contributed by atoms with Crippen molar-refractivity contribution in [1.29, 1.82) is 0 Å². The first-order chi connectivity index (χ1) is 17.2. The van der Waals surface area contributed by atoms with Crippen LogP contribution in [-0.2, 0) is 0 Å². The van der Waals surface area contributed by atoms with Crippen molar-refractivity contribution in [3.63, 3.8) is 0 Å². The van der Waals surface area contributed by atoms with Gasteiger partial charge in [0.25, 0.3) is 0 Å². The molecule has 0 aliphatic heterocycles. The van der Waals surface area contributed by atoms with Gasteiger partial charge in [0, 0.05) is 0 Å². The number of carbonyl (C=O) groups is 4. The van der Waals surface area contributed by atoms with Crippen LogP contribution in [0, 0.1) is 0 Å². The molecule has 12 nitrogen and oxygen atoms in total. The number of aromatic nitrogens is 4. The van der Waals surface area contributed by atoms with Crippen molar-refractivity contribution in [2.75, 3.05) is 0 Å². The van der Waals surface area contributed by atoms with Crippen LogP contribution in [0.1, 0.15) is 41.4 Å². The van der Waals surface area contributed by atoms with Crippen LogP contribution in [0.4, 0.5) is 0 Å². The Morgan fingerprint density at radius 1 is 0.528 bits per heavy atom. The molecule has 2 aromatic heterocycles. The summed E-state index contributed by atoms with van der Waals surface area (Å²) >= 11 is 0. The van der Waals surface area contributed by atoms with E-state index in [4.69, 9.17) is 20.4 Å². The second kappa shape index (κ2) is 11.1. The topological polar surface area (TPSA) is 207 Å². The molecule has 3 aromatic carbocycles. The van der Waals surface area contributed by atoms with Crippen molar-refractivity contribution < 1.29 is 39.6 Å². The van der Waals surface area contributed by atoms with Gasteiger partial charge in [0.1, 0.15) is 0 Å². The first kappa shape index (κ1) is 25.1. The molecule has 0 aliphatic rings. The molecule has 0 saturated heterocycles. The van der Waals surface area contributed by atoms with Gasteiger partial charge in [-0.25, -0.2) is 29.1 Å². The third-order valence-electron chi connectivity index (χ3n) is 4.75. The maximum atomic E-state index is 10.9. The van der Waals surface area contributed by atoms with Gasteiger partial charge in [-0.05, 0) is 36.4 Å². The van der Waals surface area contributed by atoms with Crippen molar-refractivity contribution in [1.82, 2.24) is 19.9 Å². The molecule has 0 radical (unpaired) electrons. The SMILES string of the molecule is O=C(O)c1ccc(C(=O)O)c(C(=O)O)c1C(=O)O.c1ccc2[nH]cnc2c1.c1ccc2[nH]cnc2c1. The van der Waals surface area contributed by atoms with E-state index in [2.05, 4.69) is 19.9 Å². The standard InChI is InChI=1S/C10H6O8.2C7H6N2/c11-7(12)3-1-2-4(8(13)14)6(10(17)18)5(3)9(15)16;2*1-2-4-7-6(3-1)8-5-9-7/h1-2H,(H,11,12)(H,13,14)(H,15,16)(H,17,18);2*1-5H,(H,8,9). The quantitative estimate of drug-likeness (QED) is 0.216. The first-order valence-electron chi connectivity index (χ1n) is 10.1. The Labute approximate surface area is 201 Å². The summed E-state index contributed by atoms with van der Waals surface area (Å²) in [6.07, 6.45) is 3.40. The van der Waals surface area contributed by atoms with Crippen LogP contribution in [0.25, 0.3) is 22.1 Å². The second-order valence-electron chi connectivity index (χ2n) is 6.97. The molecule has 6 N–H and O–H groups in total. The maximum Gasteiger partial charge on any atom is 0.337 e. The van der Waals surface area contributed by atoms with Gasteiger partial charge in [0.05, 0.1) is 57.0 Å². The average molecular weight is 490 g/mol. The summed E-state index contributed by atoms with van der Waals surface area (Å²) in [7, 11) is 0. The molecule has 5 rings (SSSR count).